The first-order valence-electron chi connectivity index (χ1n) is 8.69. The molecule has 2 N–H and O–H groups in total. The molecule has 2 aromatic heterocycles. The van der Waals surface area contributed by atoms with Crippen LogP contribution in [0.1, 0.15) is 11.1 Å². The van der Waals surface area contributed by atoms with E-state index in [4.69, 9.17) is 4.74 Å². The summed E-state index contributed by atoms with van der Waals surface area (Å²) in [5.41, 5.74) is 3.09. The normalized spacial score (nSPS) is 11.1. The Morgan fingerprint density at radius 3 is 2.46 bits per heavy atom. The predicted molar refractivity (Wildman–Crippen MR) is 111 cm³/mol. The molecule has 0 atom stereocenters. The minimum Gasteiger partial charge on any atom is -0.506 e. The van der Waals surface area contributed by atoms with Crippen molar-refractivity contribution in [3.8, 4) is 33.8 Å². The van der Waals surface area contributed by atoms with Crippen LogP contribution in [0.4, 0.5) is 4.39 Å². The summed E-state index contributed by atoms with van der Waals surface area (Å²) in [6.07, 6.45) is 0. The van der Waals surface area contributed by atoms with Gasteiger partial charge in [0.05, 0.1) is 18.1 Å². The number of fused-ring (bicyclic) bond motifs is 1. The quantitative estimate of drug-likeness (QED) is 0.489. The fourth-order valence-corrected chi connectivity index (χ4v) is 4.29. The van der Waals surface area contributed by atoms with Crippen molar-refractivity contribution < 1.29 is 14.2 Å². The molecule has 0 aliphatic heterocycles. The van der Waals surface area contributed by atoms with Crippen molar-refractivity contribution in [2.24, 2.45) is 0 Å². The Morgan fingerprint density at radius 2 is 1.79 bits per heavy atom. The van der Waals surface area contributed by atoms with E-state index in [0.717, 1.165) is 5.56 Å². The van der Waals surface area contributed by atoms with Gasteiger partial charge in [-0.3, -0.25) is 4.79 Å². The number of pyridine rings is 1. The van der Waals surface area contributed by atoms with Gasteiger partial charge >= 0.3 is 0 Å². The van der Waals surface area contributed by atoms with Crippen molar-refractivity contribution >= 4 is 21.6 Å². The predicted octanol–water partition coefficient (Wildman–Crippen LogP) is 5.39. The summed E-state index contributed by atoms with van der Waals surface area (Å²) in [5, 5.41) is 13.3. The zero-order valence-electron chi connectivity index (χ0n) is 15.6. The van der Waals surface area contributed by atoms with Gasteiger partial charge in [-0.05, 0) is 25.0 Å². The first kappa shape index (κ1) is 18.3. The van der Waals surface area contributed by atoms with Crippen LogP contribution in [0, 0.1) is 19.7 Å². The number of hydrogen-bond acceptors (Lipinski definition) is 4. The van der Waals surface area contributed by atoms with Crippen LogP contribution in [0.2, 0.25) is 0 Å². The summed E-state index contributed by atoms with van der Waals surface area (Å²) in [4.78, 5) is 16.0. The van der Waals surface area contributed by atoms with Crippen LogP contribution in [-0.2, 0) is 0 Å². The number of nitrogens with one attached hydrogen (secondary N) is 1. The zero-order valence-corrected chi connectivity index (χ0v) is 16.4. The number of halogens is 1. The average Bonchev–Trinajstić information content (AvgIpc) is 3.09. The second-order valence-electron chi connectivity index (χ2n) is 6.67. The molecule has 4 aromatic rings. The third-order valence-electron chi connectivity index (χ3n) is 4.84. The molecule has 0 aliphatic carbocycles. The van der Waals surface area contributed by atoms with Gasteiger partial charge in [-0.2, -0.15) is 0 Å². The number of aromatic nitrogens is 1. The molecule has 142 valence electrons. The molecule has 2 heterocycles. The van der Waals surface area contributed by atoms with Gasteiger partial charge in [0.25, 0.3) is 5.56 Å². The second-order valence-corrected chi connectivity index (χ2v) is 7.55. The topological polar surface area (TPSA) is 62.3 Å². The molecule has 0 fully saturated rings. The van der Waals surface area contributed by atoms with Gasteiger partial charge in [-0.1, -0.05) is 42.0 Å². The van der Waals surface area contributed by atoms with Gasteiger partial charge in [-0.15, -0.1) is 11.3 Å². The van der Waals surface area contributed by atoms with Crippen molar-refractivity contribution in [1.82, 2.24) is 4.98 Å². The van der Waals surface area contributed by atoms with Gasteiger partial charge in [0.15, 0.2) is 11.6 Å². The number of thiophene rings is 1. The van der Waals surface area contributed by atoms with Crippen molar-refractivity contribution in [2.45, 2.75) is 13.8 Å². The van der Waals surface area contributed by atoms with Gasteiger partial charge < -0.3 is 14.8 Å². The molecule has 0 saturated carbocycles. The summed E-state index contributed by atoms with van der Waals surface area (Å²) in [6, 6.07) is 10.8. The van der Waals surface area contributed by atoms with Crippen LogP contribution in [-0.4, -0.2) is 17.2 Å². The van der Waals surface area contributed by atoms with E-state index in [-0.39, 0.29) is 22.6 Å². The van der Waals surface area contributed by atoms with Crippen molar-refractivity contribution in [3.05, 3.63) is 69.1 Å². The highest BCUT2D eigenvalue weighted by molar-refractivity contribution is 7.17. The van der Waals surface area contributed by atoms with Gasteiger partial charge in [0.1, 0.15) is 10.6 Å². The fraction of sp³-hybridized carbons (Fsp3) is 0.136. The lowest BCUT2D eigenvalue weighted by molar-refractivity contribution is 0.387. The Hall–Kier alpha value is -3.12. The number of H-pyrrole nitrogens is 1. The molecule has 0 saturated heterocycles. The molecular weight excluding hydrogens is 377 g/mol. The van der Waals surface area contributed by atoms with Crippen LogP contribution in [0.3, 0.4) is 0 Å². The lowest BCUT2D eigenvalue weighted by atomic mass is 9.98. The van der Waals surface area contributed by atoms with Gasteiger partial charge in [-0.25, -0.2) is 4.39 Å². The largest absolute Gasteiger partial charge is 0.506 e. The lowest BCUT2D eigenvalue weighted by Gasteiger charge is -2.12. The van der Waals surface area contributed by atoms with E-state index < -0.39 is 5.82 Å². The Morgan fingerprint density at radius 1 is 1.07 bits per heavy atom. The highest BCUT2D eigenvalue weighted by Crippen LogP contribution is 2.45. The average molecular weight is 395 g/mol. The lowest BCUT2D eigenvalue weighted by Crippen LogP contribution is -2.08. The van der Waals surface area contributed by atoms with Crippen molar-refractivity contribution in [2.75, 3.05) is 7.11 Å². The molecule has 0 radical (unpaired) electrons. The maximum Gasteiger partial charge on any atom is 0.260 e. The van der Waals surface area contributed by atoms with E-state index in [0.29, 0.717) is 32.5 Å². The molecule has 4 nitrogen and oxygen atoms in total. The summed E-state index contributed by atoms with van der Waals surface area (Å²) < 4.78 is 19.9. The van der Waals surface area contributed by atoms with Crippen molar-refractivity contribution in [1.29, 1.82) is 0 Å². The Kier molecular flexibility index (Phi) is 4.43. The van der Waals surface area contributed by atoms with Crippen LogP contribution in [0.25, 0.3) is 32.5 Å². The first-order chi connectivity index (χ1) is 13.4. The Labute approximate surface area is 164 Å². The van der Waals surface area contributed by atoms with E-state index >= 15 is 0 Å². The maximum absolute atomic E-state index is 14.6. The number of aromatic hydroxyl groups is 1. The SMILES string of the molecule is COc1c(-c2csc3[nH]c(=O)c(-c4ccc(C)cc4)c(O)c23)ccc(C)c1F. The molecule has 0 amide bonds. The first-order valence-corrected chi connectivity index (χ1v) is 9.57. The molecular formula is C22H18FNO3S. The minimum atomic E-state index is -0.443. The number of aryl methyl sites for hydroxylation is 2. The van der Waals surface area contributed by atoms with Crippen molar-refractivity contribution in [3.63, 3.8) is 0 Å². The molecule has 6 heteroatoms. The standard InChI is InChI=1S/C22H18FNO3S/c1-11-4-7-13(8-5-11)16-19(25)17-15(10-28-22(17)24-21(16)26)14-9-6-12(2)18(23)20(14)27-3/h4-10H,1-3H3,(H2,24,25,26). The molecule has 0 aliphatic rings. The molecule has 0 unspecified atom stereocenters. The smallest absolute Gasteiger partial charge is 0.260 e. The summed E-state index contributed by atoms with van der Waals surface area (Å²) in [5.74, 6) is -0.453. The van der Waals surface area contributed by atoms with Gasteiger partial charge in [0.2, 0.25) is 0 Å². The maximum atomic E-state index is 14.6. The van der Waals surface area contributed by atoms with E-state index in [1.807, 2.05) is 19.1 Å². The summed E-state index contributed by atoms with van der Waals surface area (Å²) in [7, 11) is 1.41. The molecule has 4 rings (SSSR count). The van der Waals surface area contributed by atoms with Crippen LogP contribution in [0.5, 0.6) is 11.5 Å². The van der Waals surface area contributed by atoms with Crippen LogP contribution < -0.4 is 10.3 Å². The van der Waals surface area contributed by atoms with Gasteiger partial charge in [0, 0.05) is 16.5 Å². The fourth-order valence-electron chi connectivity index (χ4n) is 3.34. The van der Waals surface area contributed by atoms with Crippen LogP contribution in [0.15, 0.2) is 46.6 Å². The van der Waals surface area contributed by atoms with E-state index in [1.165, 1.54) is 18.4 Å². The Bertz CT molecular complexity index is 1260. The zero-order chi connectivity index (χ0) is 20.0. The number of hydrogen-bond donors (Lipinski definition) is 2. The Balaban J connectivity index is 2.04. The minimum absolute atomic E-state index is 0.113. The third kappa shape index (κ3) is 2.77. The number of ether oxygens (including phenoxy) is 1. The number of rotatable bonds is 3. The number of aromatic amines is 1. The third-order valence-corrected chi connectivity index (χ3v) is 5.74. The van der Waals surface area contributed by atoms with E-state index in [9.17, 15) is 14.3 Å². The molecule has 0 bridgehead atoms. The molecule has 0 spiro atoms. The number of methoxy groups -OCH3 is 1. The number of benzene rings is 2. The second kappa shape index (κ2) is 6.80. The highest BCUT2D eigenvalue weighted by atomic mass is 32.1. The van der Waals surface area contributed by atoms with E-state index in [2.05, 4.69) is 4.98 Å². The summed E-state index contributed by atoms with van der Waals surface area (Å²) >= 11 is 1.28. The molecule has 2 aromatic carbocycles. The molecule has 28 heavy (non-hydrogen) atoms. The van der Waals surface area contributed by atoms with E-state index in [1.54, 1.807) is 36.6 Å². The summed E-state index contributed by atoms with van der Waals surface area (Å²) in [6.45, 7) is 3.62. The van der Waals surface area contributed by atoms with Crippen LogP contribution >= 0.6 is 11.3 Å². The highest BCUT2D eigenvalue weighted by Gasteiger charge is 2.22. The monoisotopic (exact) mass is 395 g/mol.